The van der Waals surface area contributed by atoms with E-state index in [2.05, 4.69) is 16.2 Å². The Kier molecular flexibility index (Phi) is 4.43. The van der Waals surface area contributed by atoms with Crippen LogP contribution in [0.4, 0.5) is 0 Å². The van der Waals surface area contributed by atoms with E-state index in [0.717, 1.165) is 11.8 Å². The third kappa shape index (κ3) is 3.57. The average Bonchev–Trinajstić information content (AvgIpc) is 2.87. The van der Waals surface area contributed by atoms with Crippen molar-refractivity contribution in [1.29, 1.82) is 0 Å². The van der Waals surface area contributed by atoms with Crippen molar-refractivity contribution < 1.29 is 4.79 Å². The lowest BCUT2D eigenvalue weighted by atomic mass is 9.86. The van der Waals surface area contributed by atoms with E-state index in [1.165, 1.54) is 25.7 Å². The zero-order chi connectivity index (χ0) is 13.1. The van der Waals surface area contributed by atoms with Gasteiger partial charge in [-0.2, -0.15) is 0 Å². The van der Waals surface area contributed by atoms with Gasteiger partial charge in [-0.05, 0) is 63.1 Å². The smallest absolute Gasteiger partial charge is 0.238 e. The second-order valence-corrected chi connectivity index (χ2v) is 6.35. The average molecular weight is 269 g/mol. The first-order chi connectivity index (χ1) is 8.54. The Morgan fingerprint density at radius 3 is 2.61 bits per heavy atom. The molecule has 0 aromatic carbocycles. The quantitative estimate of drug-likeness (QED) is 0.539. The number of hydrogen-bond acceptors (Lipinski definition) is 2. The van der Waals surface area contributed by atoms with Crippen molar-refractivity contribution in [2.24, 2.45) is 17.8 Å². The van der Waals surface area contributed by atoms with Crippen LogP contribution in [-0.4, -0.2) is 17.1 Å². The third-order valence-electron chi connectivity index (χ3n) is 4.07. The molecule has 0 aromatic heterocycles. The van der Waals surface area contributed by atoms with Gasteiger partial charge < -0.3 is 5.32 Å². The predicted molar refractivity (Wildman–Crippen MR) is 75.7 cm³/mol. The minimum Gasteiger partial charge on any atom is -0.359 e. The molecular formula is C13H23N3OS. The monoisotopic (exact) mass is 269 g/mol. The molecule has 2 fully saturated rings. The van der Waals surface area contributed by atoms with Gasteiger partial charge in [0, 0.05) is 12.5 Å². The molecule has 2 bridgehead atoms. The summed E-state index contributed by atoms with van der Waals surface area (Å²) in [6.45, 7) is 4.01. The van der Waals surface area contributed by atoms with Crippen LogP contribution in [0.3, 0.4) is 0 Å². The maximum Gasteiger partial charge on any atom is 0.238 e. The van der Waals surface area contributed by atoms with Crippen LogP contribution in [0.15, 0.2) is 0 Å². The summed E-state index contributed by atoms with van der Waals surface area (Å²) in [5, 5.41) is 3.50. The summed E-state index contributed by atoms with van der Waals surface area (Å²) in [5.41, 5.74) is 5.43. The summed E-state index contributed by atoms with van der Waals surface area (Å²) >= 11 is 5.05. The van der Waals surface area contributed by atoms with E-state index in [1.54, 1.807) is 0 Å². The summed E-state index contributed by atoms with van der Waals surface area (Å²) in [6, 6.07) is 0.271. The van der Waals surface area contributed by atoms with Gasteiger partial charge in [0.1, 0.15) is 0 Å². The first-order valence-electron chi connectivity index (χ1n) is 6.90. The fourth-order valence-electron chi connectivity index (χ4n) is 3.34. The molecule has 18 heavy (non-hydrogen) atoms. The first-order valence-corrected chi connectivity index (χ1v) is 7.30. The Bertz CT molecular complexity index is 332. The molecule has 2 saturated carbocycles. The molecule has 2 aliphatic carbocycles. The molecule has 0 aromatic rings. The van der Waals surface area contributed by atoms with Crippen molar-refractivity contribution >= 4 is 23.2 Å². The van der Waals surface area contributed by atoms with Crippen LogP contribution in [0.2, 0.25) is 0 Å². The number of rotatable bonds is 3. The fraction of sp³-hybridized carbons (Fsp3) is 0.846. The fourth-order valence-corrected chi connectivity index (χ4v) is 3.63. The molecule has 1 amide bonds. The van der Waals surface area contributed by atoms with Gasteiger partial charge in [0.25, 0.3) is 0 Å². The van der Waals surface area contributed by atoms with E-state index in [0.29, 0.717) is 17.5 Å². The number of fused-ring (bicyclic) bond motifs is 2. The molecule has 0 heterocycles. The number of nitrogens with one attached hydrogen (secondary N) is 3. The normalized spacial score (nSPS) is 29.4. The lowest BCUT2D eigenvalue weighted by Gasteiger charge is -2.21. The van der Waals surface area contributed by atoms with Gasteiger partial charge >= 0.3 is 0 Å². The Morgan fingerprint density at radius 2 is 2.06 bits per heavy atom. The molecule has 0 aliphatic heterocycles. The zero-order valence-corrected chi connectivity index (χ0v) is 12.0. The molecule has 0 saturated heterocycles. The summed E-state index contributed by atoms with van der Waals surface area (Å²) in [5.74, 6) is 2.34. The molecule has 3 N–H and O–H groups in total. The lowest BCUT2D eigenvalue weighted by Crippen LogP contribution is -2.48. The number of carbonyl (C=O) groups excluding carboxylic acids is 1. The zero-order valence-electron chi connectivity index (χ0n) is 11.2. The largest absolute Gasteiger partial charge is 0.359 e. The molecule has 102 valence electrons. The number of amides is 1. The van der Waals surface area contributed by atoms with Crippen LogP contribution >= 0.6 is 12.2 Å². The number of carbonyl (C=O) groups is 1. The summed E-state index contributed by atoms with van der Waals surface area (Å²) in [4.78, 5) is 11.8. The van der Waals surface area contributed by atoms with Crippen molar-refractivity contribution in [2.75, 3.05) is 0 Å². The van der Waals surface area contributed by atoms with Crippen LogP contribution in [0, 0.1) is 17.8 Å². The molecule has 0 spiro atoms. The molecule has 5 heteroatoms. The second-order valence-electron chi connectivity index (χ2n) is 5.94. The van der Waals surface area contributed by atoms with Gasteiger partial charge in [-0.25, -0.2) is 0 Å². The summed E-state index contributed by atoms with van der Waals surface area (Å²) < 4.78 is 0. The highest BCUT2D eigenvalue weighted by Crippen LogP contribution is 2.49. The van der Waals surface area contributed by atoms with Crippen LogP contribution in [0.25, 0.3) is 0 Å². The van der Waals surface area contributed by atoms with Gasteiger partial charge in [-0.15, -0.1) is 0 Å². The van der Waals surface area contributed by atoms with E-state index in [9.17, 15) is 4.79 Å². The predicted octanol–water partition coefficient (Wildman–Crippen LogP) is 1.72. The SMILES string of the molecule is CC(C)NC(=S)NNC(=O)C[C@H]1C[C@@H]2CC[C@H]1C2. The van der Waals surface area contributed by atoms with E-state index >= 15 is 0 Å². The van der Waals surface area contributed by atoms with Crippen LogP contribution in [-0.2, 0) is 4.79 Å². The Balaban J connectivity index is 1.65. The van der Waals surface area contributed by atoms with Crippen molar-refractivity contribution in [1.82, 2.24) is 16.2 Å². The van der Waals surface area contributed by atoms with Gasteiger partial charge in [-0.3, -0.25) is 15.6 Å². The molecule has 0 radical (unpaired) electrons. The minimum atomic E-state index is 0.0560. The molecule has 4 nitrogen and oxygen atoms in total. The van der Waals surface area contributed by atoms with E-state index in [-0.39, 0.29) is 11.9 Å². The number of hydrogen-bond donors (Lipinski definition) is 3. The van der Waals surface area contributed by atoms with Crippen molar-refractivity contribution in [3.8, 4) is 0 Å². The second kappa shape index (κ2) is 5.87. The van der Waals surface area contributed by atoms with Gasteiger partial charge in [0.05, 0.1) is 0 Å². The van der Waals surface area contributed by atoms with Crippen molar-refractivity contribution in [3.63, 3.8) is 0 Å². The highest BCUT2D eigenvalue weighted by atomic mass is 32.1. The van der Waals surface area contributed by atoms with E-state index < -0.39 is 0 Å². The molecule has 3 atom stereocenters. The minimum absolute atomic E-state index is 0.0560. The molecule has 0 unspecified atom stereocenters. The summed E-state index contributed by atoms with van der Waals surface area (Å²) in [7, 11) is 0. The third-order valence-corrected chi connectivity index (χ3v) is 4.29. The standard InChI is InChI=1S/C13H23N3OS/c1-8(2)14-13(18)16-15-12(17)7-11-6-9-3-4-10(11)5-9/h8-11H,3-7H2,1-2H3,(H,15,17)(H2,14,16,18)/t9-,10+,11-/m1/s1. The van der Waals surface area contributed by atoms with Gasteiger partial charge in [-0.1, -0.05) is 6.42 Å². The topological polar surface area (TPSA) is 53.2 Å². The van der Waals surface area contributed by atoms with Crippen molar-refractivity contribution in [3.05, 3.63) is 0 Å². The van der Waals surface area contributed by atoms with Gasteiger partial charge in [0.15, 0.2) is 5.11 Å². The van der Waals surface area contributed by atoms with Crippen LogP contribution in [0.1, 0.15) is 46.0 Å². The van der Waals surface area contributed by atoms with Crippen molar-refractivity contribution in [2.45, 2.75) is 52.0 Å². The molecular weight excluding hydrogens is 246 g/mol. The molecule has 2 rings (SSSR count). The Hall–Kier alpha value is -0.840. The van der Waals surface area contributed by atoms with Crippen LogP contribution in [0.5, 0.6) is 0 Å². The maximum atomic E-state index is 11.8. The summed E-state index contributed by atoms with van der Waals surface area (Å²) in [6.07, 6.45) is 5.93. The highest BCUT2D eigenvalue weighted by Gasteiger charge is 2.40. The highest BCUT2D eigenvalue weighted by molar-refractivity contribution is 7.80. The van der Waals surface area contributed by atoms with E-state index in [4.69, 9.17) is 12.2 Å². The lowest BCUT2D eigenvalue weighted by molar-refractivity contribution is -0.122. The number of hydrazine groups is 1. The molecule has 2 aliphatic rings. The van der Waals surface area contributed by atoms with E-state index in [1.807, 2.05) is 13.8 Å². The number of thiocarbonyl (C=S) groups is 1. The van der Waals surface area contributed by atoms with Crippen LogP contribution < -0.4 is 16.2 Å². The maximum absolute atomic E-state index is 11.8. The Labute approximate surface area is 114 Å². The Morgan fingerprint density at radius 1 is 1.28 bits per heavy atom. The van der Waals surface area contributed by atoms with Gasteiger partial charge in [0.2, 0.25) is 5.91 Å². The first kappa shape index (κ1) is 13.6.